The molecule has 7 aliphatic carbocycles. The van der Waals surface area contributed by atoms with Crippen molar-refractivity contribution >= 4 is 38.2 Å². The Morgan fingerprint density at radius 3 is 1.48 bits per heavy atom. The van der Waals surface area contributed by atoms with E-state index in [1.165, 1.54) is 56.6 Å². The van der Waals surface area contributed by atoms with E-state index >= 15 is 0 Å². The minimum Gasteiger partial charge on any atom is -0.477 e. The maximum Gasteiger partial charge on any atom is 0.482 e. The number of amides is 5. The zero-order valence-electron chi connectivity index (χ0n) is 52.9. The van der Waals surface area contributed by atoms with Crippen LogP contribution in [0.2, 0.25) is 0 Å². The third-order valence-corrected chi connectivity index (χ3v) is 20.3. The van der Waals surface area contributed by atoms with E-state index in [9.17, 15) is 24.4 Å². The lowest BCUT2D eigenvalue weighted by Crippen LogP contribution is -2.65. The highest BCUT2D eigenvalue weighted by Crippen LogP contribution is 2.67. The normalized spacial score (nSPS) is 29.8. The van der Waals surface area contributed by atoms with Gasteiger partial charge in [0.25, 0.3) is 5.91 Å². The number of carboxylic acids is 1. The van der Waals surface area contributed by atoms with Crippen LogP contribution in [0.25, 0.3) is 0 Å². The molecule has 10 aliphatic rings. The monoisotopic (exact) mass is 1170 g/mol. The minimum absolute atomic E-state index is 0.0275. The molecule has 3 aliphatic heterocycles. The second kappa shape index (κ2) is 26.8. The summed E-state index contributed by atoms with van der Waals surface area (Å²) in [5.41, 5.74) is 1.61. The molecule has 4 bridgehead atoms. The van der Waals surface area contributed by atoms with Crippen molar-refractivity contribution < 1.29 is 42.9 Å². The van der Waals surface area contributed by atoms with Crippen LogP contribution in [0.1, 0.15) is 171 Å². The van der Waals surface area contributed by atoms with E-state index in [-0.39, 0.29) is 86.7 Å². The molecule has 460 valence electrons. The number of piperidine rings is 1. The first-order valence-electron chi connectivity index (χ1n) is 31.7. The fourth-order valence-corrected chi connectivity index (χ4v) is 15.4. The van der Waals surface area contributed by atoms with Gasteiger partial charge in [-0.3, -0.25) is 4.79 Å². The van der Waals surface area contributed by atoms with Crippen molar-refractivity contribution in [3.63, 3.8) is 0 Å². The van der Waals surface area contributed by atoms with Crippen molar-refractivity contribution in [3.8, 4) is 12.1 Å². The Morgan fingerprint density at radius 2 is 1.07 bits per heavy atom. The molecular weight excluding hydrogens is 1070 g/mol. The van der Waals surface area contributed by atoms with Crippen LogP contribution in [-0.2, 0) is 41.0 Å². The fraction of sp³-hybridized carbons (Fsp3) is 0.672. The largest absolute Gasteiger partial charge is 0.482 e. The van der Waals surface area contributed by atoms with E-state index in [2.05, 4.69) is 93.1 Å². The summed E-state index contributed by atoms with van der Waals surface area (Å²) in [5, 5.41) is 39.0. The molecule has 16 nitrogen and oxygen atoms in total. The van der Waals surface area contributed by atoms with Crippen LogP contribution in [0.5, 0.6) is 0 Å². The van der Waals surface area contributed by atoms with Crippen LogP contribution in [0.15, 0.2) is 84.0 Å². The summed E-state index contributed by atoms with van der Waals surface area (Å²) in [6.45, 7) is 27.0. The number of carbonyl (C=O) groups is 4. The van der Waals surface area contributed by atoms with Crippen LogP contribution in [-0.4, -0.2) is 109 Å². The predicted octanol–water partition coefficient (Wildman–Crippen LogP) is 11.4. The molecule has 2 aromatic rings. The number of hydrogen-bond acceptors (Lipinski definition) is 10. The van der Waals surface area contributed by atoms with Crippen molar-refractivity contribution in [2.75, 3.05) is 19.6 Å². The molecule has 10 fully saturated rings. The smallest absolute Gasteiger partial charge is 0.477 e. The second-order valence-electron chi connectivity index (χ2n) is 29.5. The first kappa shape index (κ1) is 65.3. The molecule has 2 aromatic carbocycles. The molecule has 3 saturated heterocycles. The van der Waals surface area contributed by atoms with Crippen molar-refractivity contribution in [3.05, 3.63) is 95.1 Å². The number of urea groups is 2. The van der Waals surface area contributed by atoms with Gasteiger partial charge >= 0.3 is 32.3 Å². The molecule has 18 heteroatoms. The topological polar surface area (TPSA) is 224 Å². The average molecular weight is 1170 g/mol. The van der Waals surface area contributed by atoms with Gasteiger partial charge < -0.3 is 49.9 Å². The molecule has 5 amide bonds. The average Bonchev–Trinajstić information content (AvgIpc) is 1.69. The fourth-order valence-electron chi connectivity index (χ4n) is 15.4. The summed E-state index contributed by atoms with van der Waals surface area (Å²) >= 11 is 0. The first-order valence-corrected chi connectivity index (χ1v) is 31.7. The molecule has 0 aromatic heterocycles. The van der Waals surface area contributed by atoms with E-state index in [4.69, 9.17) is 29.0 Å². The van der Waals surface area contributed by atoms with Crippen LogP contribution < -0.4 is 21.3 Å². The molecular formula is C67H97B2N7O9. The van der Waals surface area contributed by atoms with Gasteiger partial charge in [0.15, 0.2) is 0 Å². The molecule has 5 N–H and O–H groups in total. The molecule has 3 heterocycles. The Bertz CT molecular complexity index is 2820. The van der Waals surface area contributed by atoms with E-state index < -0.39 is 20.2 Å². The maximum absolute atomic E-state index is 13.4. The molecule has 0 unspecified atom stereocenters. The zero-order chi connectivity index (χ0) is 61.7. The number of benzene rings is 2. The Hall–Kier alpha value is -5.65. The SMILES string of the molecule is CC(C)(C)C=C(C#N)C(=O)N1CCCC[C@H]1CNC(=O)N[C@@H](Cc1ccccc1)B1O[C@@H]2C[C@@H]3C[C@@H](C3(C)C)[C@]2(C)O1.CC(C)(C)C=C(C#N)C(=O)O.CC1(C)[C@@H]2C[C@H]3OB([C@H](Cc4ccccc4)NC(=O)NCC4CCCCC4)O[C@@]3(C)[C@H]1C2. The minimum atomic E-state index is -1.16. The lowest BCUT2D eigenvalue weighted by atomic mass is 9.43. The molecule has 0 spiro atoms. The van der Waals surface area contributed by atoms with Gasteiger partial charge in [0.2, 0.25) is 0 Å². The number of carbonyl (C=O) groups excluding carboxylic acids is 3. The number of aliphatic carboxylic acids is 1. The number of likely N-dealkylation sites (tertiary alicyclic amines) is 1. The number of nitrogens with one attached hydrogen (secondary N) is 4. The van der Waals surface area contributed by atoms with E-state index in [1.54, 1.807) is 17.0 Å². The quantitative estimate of drug-likeness (QED) is 0.0679. The summed E-state index contributed by atoms with van der Waals surface area (Å²) < 4.78 is 26.5. The van der Waals surface area contributed by atoms with Crippen LogP contribution in [0.4, 0.5) is 9.59 Å². The van der Waals surface area contributed by atoms with Gasteiger partial charge in [0.1, 0.15) is 23.3 Å². The van der Waals surface area contributed by atoms with Gasteiger partial charge in [-0.15, -0.1) is 0 Å². The molecule has 12 rings (SSSR count). The third kappa shape index (κ3) is 15.6. The van der Waals surface area contributed by atoms with E-state index in [0.717, 1.165) is 44.2 Å². The maximum atomic E-state index is 13.4. The van der Waals surface area contributed by atoms with Gasteiger partial charge in [-0.2, -0.15) is 10.5 Å². The number of carboxylic acid groups (broad SMARTS) is 1. The summed E-state index contributed by atoms with van der Waals surface area (Å²) in [6.07, 6.45) is 18.0. The Balaban J connectivity index is 0.000000193. The second-order valence-corrected chi connectivity index (χ2v) is 29.5. The number of rotatable bonds is 14. The lowest BCUT2D eigenvalue weighted by Gasteiger charge is -2.64. The van der Waals surface area contributed by atoms with E-state index in [1.807, 2.05) is 77.9 Å². The van der Waals surface area contributed by atoms with Crippen LogP contribution >= 0.6 is 0 Å². The zero-order valence-corrected chi connectivity index (χ0v) is 52.9. The van der Waals surface area contributed by atoms with Crippen LogP contribution in [0.3, 0.4) is 0 Å². The Morgan fingerprint density at radius 1 is 0.635 bits per heavy atom. The van der Waals surface area contributed by atoms with Crippen molar-refractivity contribution in [1.82, 2.24) is 26.2 Å². The van der Waals surface area contributed by atoms with Crippen molar-refractivity contribution in [2.24, 2.45) is 51.2 Å². The summed E-state index contributed by atoms with van der Waals surface area (Å²) in [7, 11) is -0.963. The molecule has 11 atom stereocenters. The number of allylic oxidation sites excluding steroid dienone is 2. The van der Waals surface area contributed by atoms with Gasteiger partial charge in [0, 0.05) is 25.7 Å². The number of hydrogen-bond donors (Lipinski definition) is 5. The lowest BCUT2D eigenvalue weighted by molar-refractivity contribution is -0.199. The van der Waals surface area contributed by atoms with Gasteiger partial charge in [-0.1, -0.05) is 161 Å². The summed E-state index contributed by atoms with van der Waals surface area (Å²) in [4.78, 5) is 51.6. The third-order valence-electron chi connectivity index (χ3n) is 20.3. The molecule has 85 heavy (non-hydrogen) atoms. The molecule has 7 saturated carbocycles. The standard InChI is InChI=1S/C33H47BN4O4.C26H39BN2O3.C8H11NO2/c1-31(2,3)19-23(20-35)29(39)38-15-11-10-14-25(38)21-36-30(40)37-28(16-22-12-8-7-9-13-22)34-41-27-18-24-17-26(32(24,4)5)33(27,6)42-34;1-25(2)20-15-21(25)26(3)22(16-20)31-27(32-26)23(14-18-10-6-4-7-11-18)29-24(30)28-17-19-12-8-5-9-13-19;1-8(2,3)4-6(5-9)7(10)11/h7-9,12-13,19,24-28H,10-11,14-18,21H2,1-6H3,(H2,36,37,40);4,6-7,10-11,19-23H,5,8-9,12-17H2,1-3H3,(H2,28,29,30);4H,1-3H3,(H,10,11)/t24-,25-,26-,27+,28-,33-;20-,21-,22+,23-,26-;/m00./s1. The highest BCUT2D eigenvalue weighted by Gasteiger charge is 2.70. The van der Waals surface area contributed by atoms with Crippen molar-refractivity contribution in [2.45, 2.75) is 214 Å². The molecule has 0 radical (unpaired) electrons. The van der Waals surface area contributed by atoms with E-state index in [0.29, 0.717) is 60.9 Å². The Kier molecular flexibility index (Phi) is 20.6. The number of nitrogens with zero attached hydrogens (tertiary/aromatic N) is 3. The first-order chi connectivity index (χ1) is 40.0. The van der Waals surface area contributed by atoms with Gasteiger partial charge in [0.05, 0.1) is 35.3 Å². The highest BCUT2D eigenvalue weighted by molar-refractivity contribution is 6.48. The highest BCUT2D eigenvalue weighted by atomic mass is 16.7. The van der Waals surface area contributed by atoms with Gasteiger partial charge in [-0.05, 0) is 147 Å². The number of nitriles is 2. The predicted molar refractivity (Wildman–Crippen MR) is 331 cm³/mol. The van der Waals surface area contributed by atoms with Crippen LogP contribution in [0, 0.1) is 73.9 Å². The summed E-state index contributed by atoms with van der Waals surface area (Å²) in [5.74, 6) is 0.905. The Labute approximate surface area is 508 Å². The summed E-state index contributed by atoms with van der Waals surface area (Å²) in [6, 6.07) is 23.6. The van der Waals surface area contributed by atoms with Crippen molar-refractivity contribution in [1.29, 1.82) is 10.5 Å². The van der Waals surface area contributed by atoms with Gasteiger partial charge in [-0.25, -0.2) is 14.4 Å².